The van der Waals surface area contributed by atoms with E-state index in [0.717, 1.165) is 22.9 Å². The first-order valence-electron chi connectivity index (χ1n) is 9.03. The molecule has 2 fully saturated rings. The van der Waals surface area contributed by atoms with Crippen molar-refractivity contribution in [3.8, 4) is 0 Å². The van der Waals surface area contributed by atoms with Crippen LogP contribution in [0.25, 0.3) is 0 Å². The van der Waals surface area contributed by atoms with Crippen LogP contribution in [0.1, 0.15) is 38.7 Å². The second-order valence-electron chi connectivity index (χ2n) is 6.72. The van der Waals surface area contributed by atoms with Crippen molar-refractivity contribution in [3.63, 3.8) is 0 Å². The van der Waals surface area contributed by atoms with E-state index in [1.807, 2.05) is 18.2 Å². The van der Waals surface area contributed by atoms with E-state index in [0.29, 0.717) is 19.6 Å². The van der Waals surface area contributed by atoms with E-state index in [2.05, 4.69) is 48.5 Å². The van der Waals surface area contributed by atoms with Crippen LogP contribution < -0.4 is 0 Å². The summed E-state index contributed by atoms with van der Waals surface area (Å²) in [5.74, 6) is -0.497. The number of fused-ring (bicyclic) bond motifs is 1. The van der Waals surface area contributed by atoms with Crippen LogP contribution in [0.15, 0.2) is 41.4 Å². The molecule has 0 aliphatic carbocycles. The summed E-state index contributed by atoms with van der Waals surface area (Å²) in [6.07, 6.45) is 2.04. The molecular weight excluding hydrogens is 384 g/mol. The van der Waals surface area contributed by atoms with Crippen molar-refractivity contribution in [2.24, 2.45) is 0 Å². The second-order valence-corrected chi connectivity index (χ2v) is 7.84. The molecule has 4 atom stereocenters. The Labute approximate surface area is 158 Å². The summed E-state index contributed by atoms with van der Waals surface area (Å²) >= 11 is 3.45. The van der Waals surface area contributed by atoms with Crippen molar-refractivity contribution >= 4 is 15.9 Å². The first-order valence-corrected chi connectivity index (χ1v) is 9.82. The van der Waals surface area contributed by atoms with Gasteiger partial charge in [0, 0.05) is 6.42 Å². The molecule has 0 aromatic heterocycles. The zero-order valence-corrected chi connectivity index (χ0v) is 16.5. The first-order chi connectivity index (χ1) is 12.1. The molecule has 3 rings (SSSR count). The Morgan fingerprint density at radius 3 is 2.36 bits per heavy atom. The van der Waals surface area contributed by atoms with Gasteiger partial charge < -0.3 is 18.9 Å². The zero-order valence-electron chi connectivity index (χ0n) is 14.9. The molecule has 0 N–H and O–H groups in total. The average molecular weight is 411 g/mol. The van der Waals surface area contributed by atoms with Crippen molar-refractivity contribution in [3.05, 3.63) is 47.0 Å². The van der Waals surface area contributed by atoms with Gasteiger partial charge in [-0.05, 0) is 22.9 Å². The van der Waals surface area contributed by atoms with Gasteiger partial charge in [0.25, 0.3) is 0 Å². The lowest BCUT2D eigenvalue weighted by Gasteiger charge is -2.29. The van der Waals surface area contributed by atoms with E-state index in [4.69, 9.17) is 18.9 Å². The molecule has 1 aromatic rings. The summed E-state index contributed by atoms with van der Waals surface area (Å²) in [5.41, 5.74) is 1.16. The fourth-order valence-corrected chi connectivity index (χ4v) is 3.90. The summed E-state index contributed by atoms with van der Waals surface area (Å²) in [4.78, 5) is 0. The highest BCUT2D eigenvalue weighted by Crippen LogP contribution is 2.43. The molecule has 0 spiro atoms. The van der Waals surface area contributed by atoms with Crippen molar-refractivity contribution in [2.45, 2.75) is 69.9 Å². The van der Waals surface area contributed by atoms with Crippen LogP contribution in [0, 0.1) is 0 Å². The Balaban J connectivity index is 1.63. The molecule has 0 radical (unpaired) electrons. The topological polar surface area (TPSA) is 36.9 Å². The smallest absolute Gasteiger partial charge is 0.169 e. The fourth-order valence-electron chi connectivity index (χ4n) is 3.58. The Hall–Kier alpha value is -0.720. The van der Waals surface area contributed by atoms with Crippen LogP contribution in [0.2, 0.25) is 0 Å². The molecule has 2 aliphatic rings. The van der Waals surface area contributed by atoms with Gasteiger partial charge in [0.15, 0.2) is 5.79 Å². The Kier molecular flexibility index (Phi) is 6.34. The lowest BCUT2D eigenvalue weighted by Crippen LogP contribution is -2.35. The van der Waals surface area contributed by atoms with E-state index in [-0.39, 0.29) is 24.4 Å². The molecule has 25 heavy (non-hydrogen) atoms. The molecule has 0 bridgehead atoms. The van der Waals surface area contributed by atoms with Gasteiger partial charge in [0.2, 0.25) is 0 Å². The monoisotopic (exact) mass is 410 g/mol. The minimum absolute atomic E-state index is 0.0535. The molecular formula is C20H27BrO4. The lowest BCUT2D eigenvalue weighted by atomic mass is 10.1. The quantitative estimate of drug-likeness (QED) is 0.628. The highest BCUT2D eigenvalue weighted by atomic mass is 79.9. The van der Waals surface area contributed by atoms with E-state index >= 15 is 0 Å². The molecule has 2 saturated heterocycles. The Morgan fingerprint density at radius 2 is 1.76 bits per heavy atom. The highest BCUT2D eigenvalue weighted by Gasteiger charge is 2.56. The van der Waals surface area contributed by atoms with Gasteiger partial charge in [-0.15, -0.1) is 0 Å². The van der Waals surface area contributed by atoms with Crippen LogP contribution in [0.5, 0.6) is 0 Å². The maximum atomic E-state index is 6.33. The van der Waals surface area contributed by atoms with Gasteiger partial charge in [-0.1, -0.05) is 66.7 Å². The van der Waals surface area contributed by atoms with Crippen molar-refractivity contribution < 1.29 is 18.9 Å². The highest BCUT2D eigenvalue weighted by molar-refractivity contribution is 9.11. The van der Waals surface area contributed by atoms with Crippen LogP contribution in [0.4, 0.5) is 0 Å². The molecule has 138 valence electrons. The predicted molar refractivity (Wildman–Crippen MR) is 101 cm³/mol. The van der Waals surface area contributed by atoms with Crippen LogP contribution in [-0.4, -0.2) is 36.8 Å². The minimum Gasteiger partial charge on any atom is -0.374 e. The van der Waals surface area contributed by atoms with Gasteiger partial charge in [-0.2, -0.15) is 0 Å². The molecule has 1 aromatic carbocycles. The van der Waals surface area contributed by atoms with Crippen LogP contribution in [-0.2, 0) is 25.6 Å². The summed E-state index contributed by atoms with van der Waals surface area (Å²) in [6.45, 7) is 9.21. The van der Waals surface area contributed by atoms with Crippen LogP contribution in [0.3, 0.4) is 0 Å². The first kappa shape index (κ1) is 19.1. The maximum absolute atomic E-state index is 6.33. The third-order valence-corrected chi connectivity index (χ3v) is 5.33. The minimum atomic E-state index is -0.497. The van der Waals surface area contributed by atoms with Crippen molar-refractivity contribution in [2.75, 3.05) is 6.61 Å². The lowest BCUT2D eigenvalue weighted by molar-refractivity contribution is -0.215. The van der Waals surface area contributed by atoms with Gasteiger partial charge in [0.05, 0.1) is 19.3 Å². The molecule has 0 amide bonds. The number of ether oxygens (including phenoxy) is 4. The molecule has 0 unspecified atom stereocenters. The Morgan fingerprint density at radius 1 is 1.12 bits per heavy atom. The number of hydrogen-bond acceptors (Lipinski definition) is 4. The van der Waals surface area contributed by atoms with Gasteiger partial charge in [-0.3, -0.25) is 0 Å². The largest absolute Gasteiger partial charge is 0.374 e. The molecule has 0 saturated carbocycles. The zero-order chi connectivity index (χ0) is 17.9. The van der Waals surface area contributed by atoms with E-state index in [9.17, 15) is 0 Å². The predicted octanol–water partition coefficient (Wildman–Crippen LogP) is 4.57. The van der Waals surface area contributed by atoms with Gasteiger partial charge >= 0.3 is 0 Å². The third-order valence-electron chi connectivity index (χ3n) is 5.00. The molecule has 2 aliphatic heterocycles. The Bertz CT molecular complexity index is 572. The van der Waals surface area contributed by atoms with Gasteiger partial charge in [-0.25, -0.2) is 0 Å². The third kappa shape index (κ3) is 4.34. The van der Waals surface area contributed by atoms with Gasteiger partial charge in [0.1, 0.15) is 18.3 Å². The summed E-state index contributed by atoms with van der Waals surface area (Å²) in [5, 5.41) is 0. The molecule has 5 heteroatoms. The summed E-state index contributed by atoms with van der Waals surface area (Å²) in [7, 11) is 0. The average Bonchev–Trinajstić information content (AvgIpc) is 3.13. The standard InChI is InChI=1S/C20H27BrO4/c1-4-20(5-2)24-18-16(11-14(3)21)23-17(19(18)25-20)13-22-12-15-9-7-6-8-10-15/h6-10,16-19H,3-5,11-13H2,1-2H3/t16-,17+,18-,19+/m0/s1. The summed E-state index contributed by atoms with van der Waals surface area (Å²) < 4.78 is 25.7. The second kappa shape index (κ2) is 8.31. The number of rotatable bonds is 8. The van der Waals surface area contributed by atoms with E-state index < -0.39 is 5.79 Å². The maximum Gasteiger partial charge on any atom is 0.169 e. The number of benzene rings is 1. The van der Waals surface area contributed by atoms with E-state index in [1.54, 1.807) is 0 Å². The number of halogens is 1. The SMILES string of the molecule is C=C(Br)C[C@@H]1O[C@H](COCc2ccccc2)[C@H]2OC(CC)(CC)O[C@H]21. The van der Waals surface area contributed by atoms with Crippen LogP contribution >= 0.6 is 15.9 Å². The van der Waals surface area contributed by atoms with Crippen molar-refractivity contribution in [1.29, 1.82) is 0 Å². The number of hydrogen-bond donors (Lipinski definition) is 0. The normalized spacial score (nSPS) is 30.4. The fraction of sp³-hybridized carbons (Fsp3) is 0.600. The molecule has 2 heterocycles. The molecule has 4 nitrogen and oxygen atoms in total. The van der Waals surface area contributed by atoms with E-state index in [1.165, 1.54) is 0 Å². The summed E-state index contributed by atoms with van der Waals surface area (Å²) in [6, 6.07) is 10.2. The van der Waals surface area contributed by atoms with Crippen molar-refractivity contribution in [1.82, 2.24) is 0 Å².